The van der Waals surface area contributed by atoms with E-state index in [4.69, 9.17) is 9.84 Å². The lowest BCUT2D eigenvalue weighted by molar-refractivity contribution is -0.137. The predicted octanol–water partition coefficient (Wildman–Crippen LogP) is 7.45. The minimum atomic E-state index is -0.350. The fourth-order valence-corrected chi connectivity index (χ4v) is 2.20. The topological polar surface area (TPSA) is 46.5 Å². The van der Waals surface area contributed by atoms with E-state index in [0.717, 1.165) is 19.3 Å². The first kappa shape index (κ1) is 34.6. The molecule has 0 radical (unpaired) electrons. The van der Waals surface area contributed by atoms with Crippen LogP contribution in [0.25, 0.3) is 0 Å². The number of allylic oxidation sites excluding steroid dienone is 7. The number of carbonyl (C=O) groups is 1. The van der Waals surface area contributed by atoms with Crippen molar-refractivity contribution in [3.05, 3.63) is 60.8 Å². The smallest absolute Gasteiger partial charge is 0.333 e. The number of carbonyl (C=O) groups excluding carboxylic acids is 1. The second-order valence-corrected chi connectivity index (χ2v) is 5.80. The van der Waals surface area contributed by atoms with Crippen LogP contribution >= 0.6 is 0 Å². The maximum Gasteiger partial charge on any atom is 0.333 e. The molecule has 0 bridgehead atoms. The van der Waals surface area contributed by atoms with Gasteiger partial charge in [-0.15, -0.1) is 6.58 Å². The van der Waals surface area contributed by atoms with E-state index in [1.165, 1.54) is 7.11 Å². The van der Waals surface area contributed by atoms with Crippen LogP contribution in [0.1, 0.15) is 74.7 Å². The minimum Gasteiger partial charge on any atom is -0.466 e. The first-order valence-corrected chi connectivity index (χ1v) is 10.9. The Morgan fingerprint density at radius 2 is 1.62 bits per heavy atom. The summed E-state index contributed by atoms with van der Waals surface area (Å²) in [7, 11) is 1.36. The van der Waals surface area contributed by atoms with Crippen molar-refractivity contribution >= 4 is 5.97 Å². The average Bonchev–Trinajstić information content (AvgIpc) is 2.75. The molecule has 0 aliphatic rings. The van der Waals surface area contributed by atoms with Gasteiger partial charge < -0.3 is 9.84 Å². The molecule has 0 saturated carbocycles. The van der Waals surface area contributed by atoms with Crippen molar-refractivity contribution in [2.24, 2.45) is 11.8 Å². The third-order valence-corrected chi connectivity index (χ3v) is 3.52. The van der Waals surface area contributed by atoms with Crippen molar-refractivity contribution in [1.29, 1.82) is 0 Å². The van der Waals surface area contributed by atoms with E-state index in [1.54, 1.807) is 6.08 Å². The summed E-state index contributed by atoms with van der Waals surface area (Å²) in [6.07, 6.45) is 18.4. The number of methoxy groups -OCH3 is 1. The predicted molar refractivity (Wildman–Crippen MR) is 131 cm³/mol. The van der Waals surface area contributed by atoms with E-state index in [2.05, 4.69) is 39.5 Å². The van der Waals surface area contributed by atoms with Gasteiger partial charge in [-0.25, -0.2) is 4.79 Å². The van der Waals surface area contributed by atoms with Crippen molar-refractivity contribution in [2.75, 3.05) is 13.7 Å². The van der Waals surface area contributed by atoms with Gasteiger partial charge in [0.15, 0.2) is 0 Å². The maximum atomic E-state index is 11.6. The molecule has 1 N–H and O–H groups in total. The molecular formula is C26H48O3. The summed E-state index contributed by atoms with van der Waals surface area (Å²) < 4.78 is 4.73. The molecule has 0 aromatic heterocycles. The highest BCUT2D eigenvalue weighted by molar-refractivity contribution is 5.89. The molecule has 0 aliphatic heterocycles. The number of aliphatic hydroxyl groups excluding tert-OH is 1. The van der Waals surface area contributed by atoms with E-state index in [9.17, 15) is 4.79 Å². The molecular weight excluding hydrogens is 360 g/mol. The van der Waals surface area contributed by atoms with Crippen LogP contribution in [0.4, 0.5) is 0 Å². The van der Waals surface area contributed by atoms with E-state index in [-0.39, 0.29) is 18.5 Å². The Balaban J connectivity index is -0.000000203. The zero-order valence-electron chi connectivity index (χ0n) is 20.6. The highest BCUT2D eigenvalue weighted by Gasteiger charge is 2.23. The SMILES string of the molecule is C=CCCC(/C(=C\CO)C(=O)OC)C(C)C.CC.CC.C\C=C/C=C\C=C/CC. The zero-order valence-corrected chi connectivity index (χ0v) is 20.6. The van der Waals surface area contributed by atoms with Crippen LogP contribution in [-0.4, -0.2) is 24.8 Å². The standard InChI is InChI=1S/C13H22O3.C9H14.2C2H6/c1-5-6-7-11(10(2)3)12(8-9-14)13(15)16-4;1-3-5-7-9-8-6-4-2;2*1-2/h5,8,10-11,14H,1,6-7,9H2,2-4H3;3,5-9H,4H2,1-2H3;2*1-2H3/b12-8+;5-3-,8-6-,9-7-;;. The molecule has 3 nitrogen and oxygen atoms in total. The average molecular weight is 409 g/mol. The van der Waals surface area contributed by atoms with Crippen LogP contribution in [0.2, 0.25) is 0 Å². The van der Waals surface area contributed by atoms with Crippen molar-refractivity contribution < 1.29 is 14.6 Å². The second-order valence-electron chi connectivity index (χ2n) is 5.80. The van der Waals surface area contributed by atoms with E-state index < -0.39 is 0 Å². The molecule has 1 atom stereocenters. The number of hydrogen-bond acceptors (Lipinski definition) is 3. The van der Waals surface area contributed by atoms with Crippen molar-refractivity contribution in [3.8, 4) is 0 Å². The molecule has 0 fully saturated rings. The van der Waals surface area contributed by atoms with Gasteiger partial charge in [-0.1, -0.05) is 91.0 Å². The Labute approximate surface area is 182 Å². The summed E-state index contributed by atoms with van der Waals surface area (Å²) in [5.41, 5.74) is 0.571. The molecule has 0 aromatic rings. The lowest BCUT2D eigenvalue weighted by Gasteiger charge is -2.22. The lowest BCUT2D eigenvalue weighted by atomic mass is 9.84. The van der Waals surface area contributed by atoms with E-state index in [1.807, 2.05) is 65.0 Å². The Morgan fingerprint density at radius 1 is 1.07 bits per heavy atom. The van der Waals surface area contributed by atoms with Gasteiger partial charge in [-0.3, -0.25) is 0 Å². The molecule has 0 aliphatic carbocycles. The van der Waals surface area contributed by atoms with Crippen LogP contribution in [0.5, 0.6) is 0 Å². The summed E-state index contributed by atoms with van der Waals surface area (Å²) in [4.78, 5) is 11.6. The van der Waals surface area contributed by atoms with Crippen molar-refractivity contribution in [2.45, 2.75) is 74.7 Å². The largest absolute Gasteiger partial charge is 0.466 e. The normalized spacial score (nSPS) is 11.9. The number of ether oxygens (including phenoxy) is 1. The first-order valence-electron chi connectivity index (χ1n) is 10.9. The summed E-state index contributed by atoms with van der Waals surface area (Å²) >= 11 is 0. The summed E-state index contributed by atoms with van der Waals surface area (Å²) in [6, 6.07) is 0. The molecule has 0 rings (SSSR count). The van der Waals surface area contributed by atoms with Crippen molar-refractivity contribution in [1.82, 2.24) is 0 Å². The zero-order chi connectivity index (χ0) is 23.5. The molecule has 0 aromatic carbocycles. The summed E-state index contributed by atoms with van der Waals surface area (Å²) in [6.45, 7) is 19.8. The molecule has 0 heterocycles. The van der Waals surface area contributed by atoms with Gasteiger partial charge in [0.2, 0.25) is 0 Å². The number of rotatable bonds is 10. The second kappa shape index (κ2) is 30.8. The molecule has 170 valence electrons. The molecule has 3 heteroatoms. The van der Waals surface area contributed by atoms with E-state index >= 15 is 0 Å². The van der Waals surface area contributed by atoms with Gasteiger partial charge in [0.05, 0.1) is 13.7 Å². The molecule has 0 saturated heterocycles. The van der Waals surface area contributed by atoms with Crippen LogP contribution in [0.3, 0.4) is 0 Å². The summed E-state index contributed by atoms with van der Waals surface area (Å²) in [5.74, 6) is 0.0891. The number of esters is 1. The third-order valence-electron chi connectivity index (χ3n) is 3.52. The van der Waals surface area contributed by atoms with Gasteiger partial charge in [0, 0.05) is 5.57 Å². The quantitative estimate of drug-likeness (QED) is 0.177. The highest BCUT2D eigenvalue weighted by Crippen LogP contribution is 2.26. The fraction of sp³-hybridized carbons (Fsp3) is 0.577. The maximum absolute atomic E-state index is 11.6. The number of hydrogen-bond donors (Lipinski definition) is 1. The lowest BCUT2D eigenvalue weighted by Crippen LogP contribution is -2.20. The minimum absolute atomic E-state index is 0.109. The van der Waals surface area contributed by atoms with Crippen molar-refractivity contribution in [3.63, 3.8) is 0 Å². The van der Waals surface area contributed by atoms with Crippen LogP contribution in [0, 0.1) is 11.8 Å². The molecule has 0 spiro atoms. The molecule has 1 unspecified atom stereocenters. The summed E-state index contributed by atoms with van der Waals surface area (Å²) in [5, 5.41) is 8.93. The first-order chi connectivity index (χ1) is 14.0. The van der Waals surface area contributed by atoms with Gasteiger partial charge in [-0.05, 0) is 44.1 Å². The monoisotopic (exact) mass is 408 g/mol. The van der Waals surface area contributed by atoms with Gasteiger partial charge >= 0.3 is 5.97 Å². The van der Waals surface area contributed by atoms with Gasteiger partial charge in [-0.2, -0.15) is 0 Å². The Morgan fingerprint density at radius 3 is 2.00 bits per heavy atom. The molecule has 29 heavy (non-hydrogen) atoms. The third kappa shape index (κ3) is 24.1. The fourth-order valence-electron chi connectivity index (χ4n) is 2.20. The Bertz CT molecular complexity index is 455. The van der Waals surface area contributed by atoms with Crippen LogP contribution < -0.4 is 0 Å². The van der Waals surface area contributed by atoms with Crippen LogP contribution in [-0.2, 0) is 9.53 Å². The van der Waals surface area contributed by atoms with Crippen LogP contribution in [0.15, 0.2) is 60.8 Å². The Kier molecular flexibility index (Phi) is 36.8. The van der Waals surface area contributed by atoms with Gasteiger partial charge in [0.1, 0.15) is 0 Å². The highest BCUT2D eigenvalue weighted by atomic mass is 16.5. The molecule has 0 amide bonds. The Hall–Kier alpha value is -1.87. The van der Waals surface area contributed by atoms with E-state index in [0.29, 0.717) is 11.5 Å². The van der Waals surface area contributed by atoms with Gasteiger partial charge in [0.25, 0.3) is 0 Å². The number of aliphatic hydroxyl groups is 1.